The Kier molecular flexibility index (Phi) is 3.73. The fourth-order valence-electron chi connectivity index (χ4n) is 3.24. The van der Waals surface area contributed by atoms with Crippen molar-refractivity contribution in [1.82, 2.24) is 4.90 Å². The number of amides is 1. The monoisotopic (exact) mass is 341 g/mol. The summed E-state index contributed by atoms with van der Waals surface area (Å²) in [5.41, 5.74) is 2.99. The molecular formula is C15H20BrNOS. The number of aryl methyl sites for hydroxylation is 1. The number of carbonyl (C=O) groups excluding carboxylic acids is 1. The van der Waals surface area contributed by atoms with Gasteiger partial charge in [0.05, 0.1) is 11.9 Å². The van der Waals surface area contributed by atoms with E-state index in [0.29, 0.717) is 11.4 Å². The molecule has 1 unspecified atom stereocenters. The summed E-state index contributed by atoms with van der Waals surface area (Å²) in [6, 6.07) is 0.476. The van der Waals surface area contributed by atoms with Crippen LogP contribution in [0.15, 0.2) is 0 Å². The zero-order valence-electron chi connectivity index (χ0n) is 11.5. The summed E-state index contributed by atoms with van der Waals surface area (Å²) in [6.07, 6.45) is 4.91. The van der Waals surface area contributed by atoms with Gasteiger partial charge < -0.3 is 4.90 Å². The quantitative estimate of drug-likeness (QED) is 0.749. The molecule has 1 fully saturated rings. The van der Waals surface area contributed by atoms with Gasteiger partial charge in [0.25, 0.3) is 0 Å². The summed E-state index contributed by atoms with van der Waals surface area (Å²) in [5.74, 6) is 1.02. The lowest BCUT2D eigenvalue weighted by atomic mass is 10.0. The molecule has 2 heterocycles. The third-order valence-electron chi connectivity index (χ3n) is 4.60. The van der Waals surface area contributed by atoms with Gasteiger partial charge in [-0.15, -0.1) is 11.3 Å². The molecule has 0 saturated heterocycles. The minimum atomic E-state index is 0.258. The van der Waals surface area contributed by atoms with E-state index >= 15 is 0 Å². The molecule has 2 aliphatic rings. The van der Waals surface area contributed by atoms with Crippen LogP contribution in [0.2, 0.25) is 0 Å². The van der Waals surface area contributed by atoms with Crippen molar-refractivity contribution in [2.75, 3.05) is 5.33 Å². The number of rotatable bonds is 2. The van der Waals surface area contributed by atoms with Gasteiger partial charge in [-0.05, 0) is 56.6 Å². The molecule has 0 N–H and O–H groups in total. The number of alkyl halides is 1. The molecule has 0 bridgehead atoms. The van der Waals surface area contributed by atoms with E-state index in [9.17, 15) is 4.79 Å². The molecule has 1 aromatic heterocycles. The van der Waals surface area contributed by atoms with E-state index in [0.717, 1.165) is 25.3 Å². The minimum absolute atomic E-state index is 0.258. The van der Waals surface area contributed by atoms with E-state index < -0.39 is 0 Å². The Balaban J connectivity index is 1.92. The second-order valence-corrected chi connectivity index (χ2v) is 7.65. The first kappa shape index (κ1) is 13.6. The smallest absolute Gasteiger partial charge is 0.233 e. The normalized spacial score (nSPS) is 23.1. The summed E-state index contributed by atoms with van der Waals surface area (Å²) in [7, 11) is 0. The highest BCUT2D eigenvalue weighted by molar-refractivity contribution is 9.09. The van der Waals surface area contributed by atoms with Gasteiger partial charge in [-0.2, -0.15) is 0 Å². The number of carbonyl (C=O) groups is 1. The number of hydrogen-bond acceptors (Lipinski definition) is 2. The van der Waals surface area contributed by atoms with E-state index in [1.165, 1.54) is 33.7 Å². The van der Waals surface area contributed by atoms with Crippen LogP contribution in [0, 0.1) is 19.8 Å². The second kappa shape index (κ2) is 5.21. The first-order valence-electron chi connectivity index (χ1n) is 7.05. The minimum Gasteiger partial charge on any atom is -0.334 e. The van der Waals surface area contributed by atoms with Crippen LogP contribution in [0.25, 0.3) is 0 Å². The SMILES string of the molecule is Cc1sc2c(c1C)CCC(C1CC1)N(C(=O)CBr)C2. The lowest BCUT2D eigenvalue weighted by Crippen LogP contribution is -2.41. The Hall–Kier alpha value is -0.350. The molecule has 104 valence electrons. The zero-order valence-corrected chi connectivity index (χ0v) is 13.9. The highest BCUT2D eigenvalue weighted by Gasteiger charge is 2.39. The summed E-state index contributed by atoms with van der Waals surface area (Å²) in [5, 5.41) is 0.453. The van der Waals surface area contributed by atoms with Crippen LogP contribution in [0.5, 0.6) is 0 Å². The number of nitrogens with zero attached hydrogens (tertiary/aromatic N) is 1. The molecule has 0 spiro atoms. The van der Waals surface area contributed by atoms with Crippen LogP contribution in [0.4, 0.5) is 0 Å². The first-order valence-corrected chi connectivity index (χ1v) is 8.98. The van der Waals surface area contributed by atoms with Crippen LogP contribution in [0.3, 0.4) is 0 Å². The van der Waals surface area contributed by atoms with Crippen LogP contribution in [-0.4, -0.2) is 22.2 Å². The summed E-state index contributed by atoms with van der Waals surface area (Å²) < 4.78 is 0. The third kappa shape index (κ3) is 2.49. The number of fused-ring (bicyclic) bond motifs is 1. The van der Waals surface area contributed by atoms with E-state index in [-0.39, 0.29) is 5.91 Å². The van der Waals surface area contributed by atoms with Crippen molar-refractivity contribution in [2.45, 2.75) is 52.1 Å². The topological polar surface area (TPSA) is 20.3 Å². The standard InChI is InChI=1S/C15H20BrNOS/c1-9-10(2)19-14-8-17(15(18)7-16)13(11-3-4-11)6-5-12(9)14/h11,13H,3-8H2,1-2H3. The largest absolute Gasteiger partial charge is 0.334 e. The molecule has 1 atom stereocenters. The van der Waals surface area contributed by atoms with Gasteiger partial charge in [0.1, 0.15) is 0 Å². The predicted molar refractivity (Wildman–Crippen MR) is 83.0 cm³/mol. The molecule has 1 saturated carbocycles. The van der Waals surface area contributed by atoms with Crippen molar-refractivity contribution in [3.8, 4) is 0 Å². The van der Waals surface area contributed by atoms with Crippen molar-refractivity contribution in [2.24, 2.45) is 5.92 Å². The van der Waals surface area contributed by atoms with Crippen molar-refractivity contribution >= 4 is 33.2 Å². The fraction of sp³-hybridized carbons (Fsp3) is 0.667. The van der Waals surface area contributed by atoms with Crippen LogP contribution in [-0.2, 0) is 17.8 Å². The molecular weight excluding hydrogens is 322 g/mol. The number of halogens is 1. The Morgan fingerprint density at radius 3 is 2.74 bits per heavy atom. The summed E-state index contributed by atoms with van der Waals surface area (Å²) in [6.45, 7) is 5.27. The summed E-state index contributed by atoms with van der Waals surface area (Å²) in [4.78, 5) is 17.2. The maximum Gasteiger partial charge on any atom is 0.233 e. The molecule has 3 rings (SSSR count). The predicted octanol–water partition coefficient (Wildman–Crippen LogP) is 3.81. The Morgan fingerprint density at radius 1 is 1.37 bits per heavy atom. The van der Waals surface area contributed by atoms with Gasteiger partial charge in [0.2, 0.25) is 5.91 Å². The van der Waals surface area contributed by atoms with Crippen LogP contribution >= 0.6 is 27.3 Å². The van der Waals surface area contributed by atoms with Gasteiger partial charge >= 0.3 is 0 Å². The van der Waals surface area contributed by atoms with Crippen molar-refractivity contribution in [3.05, 3.63) is 20.9 Å². The lowest BCUT2D eigenvalue weighted by Gasteiger charge is -2.29. The Labute approximate surface area is 127 Å². The Morgan fingerprint density at radius 2 is 2.11 bits per heavy atom. The molecule has 0 radical (unpaired) electrons. The molecule has 4 heteroatoms. The van der Waals surface area contributed by atoms with Crippen LogP contribution < -0.4 is 0 Å². The average Bonchev–Trinajstić information content (AvgIpc) is 3.19. The van der Waals surface area contributed by atoms with Crippen LogP contribution in [0.1, 0.15) is 40.1 Å². The van der Waals surface area contributed by atoms with Gasteiger partial charge in [-0.3, -0.25) is 4.79 Å². The summed E-state index contributed by atoms with van der Waals surface area (Å²) >= 11 is 5.23. The highest BCUT2D eigenvalue weighted by Crippen LogP contribution is 2.42. The lowest BCUT2D eigenvalue weighted by molar-refractivity contribution is -0.131. The number of thiophene rings is 1. The van der Waals surface area contributed by atoms with E-state index in [4.69, 9.17) is 0 Å². The van der Waals surface area contributed by atoms with E-state index in [1.54, 1.807) is 0 Å². The maximum absolute atomic E-state index is 12.2. The maximum atomic E-state index is 12.2. The van der Waals surface area contributed by atoms with Crippen molar-refractivity contribution in [1.29, 1.82) is 0 Å². The molecule has 2 nitrogen and oxygen atoms in total. The molecule has 1 amide bonds. The van der Waals surface area contributed by atoms with Gasteiger partial charge in [-0.25, -0.2) is 0 Å². The molecule has 19 heavy (non-hydrogen) atoms. The van der Waals surface area contributed by atoms with Gasteiger partial charge in [0, 0.05) is 15.8 Å². The third-order valence-corrected chi connectivity index (χ3v) is 6.31. The Bertz CT molecular complexity index is 506. The van der Waals surface area contributed by atoms with E-state index in [2.05, 4.69) is 34.7 Å². The van der Waals surface area contributed by atoms with Gasteiger partial charge in [0.15, 0.2) is 0 Å². The highest BCUT2D eigenvalue weighted by atomic mass is 79.9. The first-order chi connectivity index (χ1) is 9.11. The van der Waals surface area contributed by atoms with Crippen molar-refractivity contribution < 1.29 is 4.79 Å². The average molecular weight is 342 g/mol. The van der Waals surface area contributed by atoms with E-state index in [1.807, 2.05) is 11.3 Å². The van der Waals surface area contributed by atoms with Crippen molar-refractivity contribution in [3.63, 3.8) is 0 Å². The molecule has 1 aromatic rings. The zero-order chi connectivity index (χ0) is 13.6. The fourth-order valence-corrected chi connectivity index (χ4v) is 4.79. The second-order valence-electron chi connectivity index (χ2n) is 5.78. The molecule has 1 aliphatic heterocycles. The molecule has 1 aliphatic carbocycles. The van der Waals surface area contributed by atoms with Gasteiger partial charge in [-0.1, -0.05) is 15.9 Å². The number of hydrogen-bond donors (Lipinski definition) is 0. The molecule has 0 aromatic carbocycles.